The summed E-state index contributed by atoms with van der Waals surface area (Å²) in [5.41, 5.74) is 2.24. The molecule has 2 heterocycles. The molecule has 1 aromatic carbocycles. The molecule has 2 fully saturated rings. The topological polar surface area (TPSA) is 44.8 Å². The van der Waals surface area contributed by atoms with Crippen molar-refractivity contribution in [2.75, 3.05) is 46.4 Å². The predicted molar refractivity (Wildman–Crippen MR) is 109 cm³/mol. The molecule has 5 nitrogen and oxygen atoms in total. The van der Waals surface area contributed by atoms with Gasteiger partial charge >= 0.3 is 0 Å². The molecule has 1 amide bonds. The van der Waals surface area contributed by atoms with Crippen LogP contribution in [0, 0.1) is 18.7 Å². The van der Waals surface area contributed by atoms with Crippen molar-refractivity contribution in [3.05, 3.63) is 35.1 Å². The molecular formula is C22H34FN3O2. The Morgan fingerprint density at radius 2 is 2.04 bits per heavy atom. The molecule has 0 unspecified atom stereocenters. The summed E-state index contributed by atoms with van der Waals surface area (Å²) in [6, 6.07) is 5.66. The monoisotopic (exact) mass is 391 g/mol. The molecule has 1 atom stereocenters. The van der Waals surface area contributed by atoms with Gasteiger partial charge in [-0.1, -0.05) is 6.07 Å². The fourth-order valence-corrected chi connectivity index (χ4v) is 4.49. The van der Waals surface area contributed by atoms with Crippen LogP contribution in [0.3, 0.4) is 0 Å². The normalized spacial score (nSPS) is 22.3. The van der Waals surface area contributed by atoms with E-state index in [0.29, 0.717) is 19.2 Å². The molecular weight excluding hydrogens is 357 g/mol. The van der Waals surface area contributed by atoms with Crippen LogP contribution >= 0.6 is 0 Å². The standard InChI is InChI=1S/C22H34FN3O2/c1-17-14-20(23)6-5-18(17)15-25-11-7-21(8-12-25)26-10-3-4-19(16-26)22(27)24-9-13-28-2/h5-6,14,19,21H,3-4,7-13,15-16H2,1-2H3,(H,24,27)/t19-/m0/s1. The highest BCUT2D eigenvalue weighted by atomic mass is 19.1. The molecule has 0 aromatic heterocycles. The molecule has 156 valence electrons. The number of nitrogens with zero attached hydrogens (tertiary/aromatic N) is 2. The van der Waals surface area contributed by atoms with Crippen molar-refractivity contribution in [2.45, 2.75) is 45.2 Å². The van der Waals surface area contributed by atoms with E-state index in [2.05, 4.69) is 15.1 Å². The number of ether oxygens (including phenoxy) is 1. The molecule has 28 heavy (non-hydrogen) atoms. The number of hydrogen-bond acceptors (Lipinski definition) is 4. The Balaban J connectivity index is 1.45. The van der Waals surface area contributed by atoms with Gasteiger partial charge in [0.1, 0.15) is 5.82 Å². The van der Waals surface area contributed by atoms with E-state index in [0.717, 1.165) is 64.0 Å². The van der Waals surface area contributed by atoms with E-state index in [1.807, 2.05) is 13.0 Å². The molecule has 3 rings (SSSR count). The first-order valence-corrected chi connectivity index (χ1v) is 10.5. The van der Waals surface area contributed by atoms with Crippen molar-refractivity contribution in [2.24, 2.45) is 5.92 Å². The molecule has 0 aliphatic carbocycles. The summed E-state index contributed by atoms with van der Waals surface area (Å²) in [6.45, 7) is 8.12. The van der Waals surface area contributed by atoms with Crippen LogP contribution in [0.15, 0.2) is 18.2 Å². The van der Waals surface area contributed by atoms with Crippen LogP contribution in [0.25, 0.3) is 0 Å². The molecule has 2 aliphatic rings. The Labute approximate surface area is 168 Å². The van der Waals surface area contributed by atoms with E-state index >= 15 is 0 Å². The lowest BCUT2D eigenvalue weighted by Crippen LogP contribution is -2.50. The third kappa shape index (κ3) is 5.75. The number of nitrogens with one attached hydrogen (secondary N) is 1. The van der Waals surface area contributed by atoms with E-state index in [1.54, 1.807) is 19.2 Å². The first kappa shape index (κ1) is 21.2. The lowest BCUT2D eigenvalue weighted by atomic mass is 9.93. The summed E-state index contributed by atoms with van der Waals surface area (Å²) in [5.74, 6) is 0.113. The number of methoxy groups -OCH3 is 1. The van der Waals surface area contributed by atoms with Crippen molar-refractivity contribution < 1.29 is 13.9 Å². The van der Waals surface area contributed by atoms with E-state index < -0.39 is 0 Å². The van der Waals surface area contributed by atoms with Gasteiger partial charge in [-0.2, -0.15) is 0 Å². The first-order valence-electron chi connectivity index (χ1n) is 10.5. The highest BCUT2D eigenvalue weighted by molar-refractivity contribution is 5.78. The number of aryl methyl sites for hydroxylation is 1. The van der Waals surface area contributed by atoms with Gasteiger partial charge in [0.05, 0.1) is 12.5 Å². The van der Waals surface area contributed by atoms with Gasteiger partial charge in [0.2, 0.25) is 5.91 Å². The number of piperidine rings is 2. The average Bonchev–Trinajstić information content (AvgIpc) is 2.71. The summed E-state index contributed by atoms with van der Waals surface area (Å²) >= 11 is 0. The quantitative estimate of drug-likeness (QED) is 0.726. The average molecular weight is 392 g/mol. The zero-order chi connectivity index (χ0) is 19.9. The van der Waals surface area contributed by atoms with Crippen LogP contribution in [-0.2, 0) is 16.1 Å². The highest BCUT2D eigenvalue weighted by Crippen LogP contribution is 2.25. The summed E-state index contributed by atoms with van der Waals surface area (Å²) in [7, 11) is 1.65. The number of amides is 1. The van der Waals surface area contributed by atoms with Gasteiger partial charge in [-0.25, -0.2) is 4.39 Å². The Kier molecular flexibility index (Phi) is 7.82. The zero-order valence-corrected chi connectivity index (χ0v) is 17.3. The number of hydrogen-bond donors (Lipinski definition) is 1. The van der Waals surface area contributed by atoms with Crippen LogP contribution in [0.4, 0.5) is 4.39 Å². The van der Waals surface area contributed by atoms with E-state index in [9.17, 15) is 9.18 Å². The maximum atomic E-state index is 13.3. The number of likely N-dealkylation sites (tertiary alicyclic amines) is 2. The summed E-state index contributed by atoms with van der Waals surface area (Å²) in [5, 5.41) is 2.99. The Bertz CT molecular complexity index is 647. The molecule has 0 saturated carbocycles. The number of carbonyl (C=O) groups excluding carboxylic acids is 1. The summed E-state index contributed by atoms with van der Waals surface area (Å²) < 4.78 is 18.3. The zero-order valence-electron chi connectivity index (χ0n) is 17.3. The first-order chi connectivity index (χ1) is 13.6. The molecule has 1 aromatic rings. The van der Waals surface area contributed by atoms with Gasteiger partial charge in [-0.15, -0.1) is 0 Å². The smallest absolute Gasteiger partial charge is 0.224 e. The van der Waals surface area contributed by atoms with Gasteiger partial charge in [-0.3, -0.25) is 14.6 Å². The molecule has 1 N–H and O–H groups in total. The minimum absolute atomic E-state index is 0.102. The molecule has 0 bridgehead atoms. The van der Waals surface area contributed by atoms with Gasteiger partial charge in [0, 0.05) is 32.8 Å². The van der Waals surface area contributed by atoms with Crippen LogP contribution < -0.4 is 5.32 Å². The van der Waals surface area contributed by atoms with E-state index in [1.165, 1.54) is 5.56 Å². The van der Waals surface area contributed by atoms with Crippen LogP contribution in [0.5, 0.6) is 0 Å². The second kappa shape index (κ2) is 10.3. The molecule has 0 radical (unpaired) electrons. The van der Waals surface area contributed by atoms with Crippen molar-refractivity contribution in [1.82, 2.24) is 15.1 Å². The Morgan fingerprint density at radius 1 is 1.25 bits per heavy atom. The highest BCUT2D eigenvalue weighted by Gasteiger charge is 2.31. The van der Waals surface area contributed by atoms with Crippen molar-refractivity contribution >= 4 is 5.91 Å². The predicted octanol–water partition coefficient (Wildman–Crippen LogP) is 2.57. The third-order valence-corrected chi connectivity index (χ3v) is 6.20. The molecule has 2 aliphatic heterocycles. The van der Waals surface area contributed by atoms with Crippen LogP contribution in [-0.4, -0.2) is 68.2 Å². The Hall–Kier alpha value is -1.50. The van der Waals surface area contributed by atoms with Crippen LogP contribution in [0.2, 0.25) is 0 Å². The summed E-state index contributed by atoms with van der Waals surface area (Å²) in [4.78, 5) is 17.4. The van der Waals surface area contributed by atoms with Crippen LogP contribution in [0.1, 0.15) is 36.8 Å². The maximum Gasteiger partial charge on any atom is 0.224 e. The maximum absolute atomic E-state index is 13.3. The third-order valence-electron chi connectivity index (χ3n) is 6.20. The van der Waals surface area contributed by atoms with Gasteiger partial charge in [0.15, 0.2) is 0 Å². The van der Waals surface area contributed by atoms with Gasteiger partial charge < -0.3 is 10.1 Å². The summed E-state index contributed by atoms with van der Waals surface area (Å²) in [6.07, 6.45) is 4.35. The fourth-order valence-electron chi connectivity index (χ4n) is 4.49. The minimum atomic E-state index is -0.161. The largest absolute Gasteiger partial charge is 0.383 e. The number of halogens is 1. The molecule has 2 saturated heterocycles. The lowest BCUT2D eigenvalue weighted by Gasteiger charge is -2.42. The SMILES string of the molecule is COCCNC(=O)[C@H]1CCCN(C2CCN(Cc3ccc(F)cc3C)CC2)C1. The number of rotatable bonds is 7. The Morgan fingerprint density at radius 3 is 2.75 bits per heavy atom. The molecule has 0 spiro atoms. The number of benzene rings is 1. The minimum Gasteiger partial charge on any atom is -0.383 e. The van der Waals surface area contributed by atoms with Crippen molar-refractivity contribution in [3.63, 3.8) is 0 Å². The second-order valence-corrected chi connectivity index (χ2v) is 8.20. The van der Waals surface area contributed by atoms with Gasteiger partial charge in [0.25, 0.3) is 0 Å². The van der Waals surface area contributed by atoms with Crippen molar-refractivity contribution in [3.8, 4) is 0 Å². The van der Waals surface area contributed by atoms with Crippen molar-refractivity contribution in [1.29, 1.82) is 0 Å². The fraction of sp³-hybridized carbons (Fsp3) is 0.682. The second-order valence-electron chi connectivity index (χ2n) is 8.20. The number of carbonyl (C=O) groups is 1. The van der Waals surface area contributed by atoms with E-state index in [4.69, 9.17) is 4.74 Å². The van der Waals surface area contributed by atoms with Gasteiger partial charge in [-0.05, 0) is 75.5 Å². The van der Waals surface area contributed by atoms with E-state index in [-0.39, 0.29) is 17.6 Å². The lowest BCUT2D eigenvalue weighted by molar-refractivity contribution is -0.127. The molecule has 6 heteroatoms.